The van der Waals surface area contributed by atoms with Crippen LogP contribution in [0.4, 0.5) is 16.0 Å². The lowest BCUT2D eigenvalue weighted by molar-refractivity contribution is -0.120. The Labute approximate surface area is 197 Å². The van der Waals surface area contributed by atoms with Gasteiger partial charge in [-0.2, -0.15) is 0 Å². The van der Waals surface area contributed by atoms with E-state index in [1.54, 1.807) is 19.2 Å². The molecule has 0 radical (unpaired) electrons. The Morgan fingerprint density at radius 1 is 1.39 bits per heavy atom. The number of piperidine rings is 1. The highest BCUT2D eigenvalue weighted by Gasteiger charge is 2.32. The van der Waals surface area contributed by atoms with Gasteiger partial charge in [0, 0.05) is 58.0 Å². The molecule has 0 saturated carbocycles. The first-order valence-electron chi connectivity index (χ1n) is 11.2. The summed E-state index contributed by atoms with van der Waals surface area (Å²) in [7, 11) is 1.66. The molecule has 0 bridgehead atoms. The largest absolute Gasteiger partial charge is 0.381 e. The van der Waals surface area contributed by atoms with Crippen LogP contribution in [0.15, 0.2) is 24.4 Å². The molecule has 0 spiro atoms. The van der Waals surface area contributed by atoms with E-state index in [1.165, 1.54) is 12.3 Å². The molecule has 1 atom stereocenters. The molecule has 3 N–H and O–H groups in total. The molecule has 0 aliphatic carbocycles. The van der Waals surface area contributed by atoms with E-state index in [-0.39, 0.29) is 17.6 Å². The second kappa shape index (κ2) is 10.7. The highest BCUT2D eigenvalue weighted by atomic mass is 35.5. The minimum absolute atomic E-state index is 0.0845. The third kappa shape index (κ3) is 5.78. The normalized spacial score (nSPS) is 20.3. The van der Waals surface area contributed by atoms with Gasteiger partial charge in [-0.05, 0) is 37.6 Å². The van der Waals surface area contributed by atoms with Crippen molar-refractivity contribution < 1.29 is 18.7 Å². The standard InChI is InChI=1S/C23H29ClFN5O3/c1-32-23(6-9-33-10-7-23)14-28-21-18(25)4-5-19(29-21)16-11-20(27-13-17(16)24)30-22(31)15-3-2-8-26-12-15/h4-5,11,13,15,26H,2-3,6-10,12,14H2,1H3,(H,28,29)(H,27,30,31)/t15-/m1/s1. The number of anilines is 2. The maximum atomic E-state index is 14.5. The summed E-state index contributed by atoms with van der Waals surface area (Å²) in [5, 5.41) is 9.54. The van der Waals surface area contributed by atoms with Crippen LogP contribution in [0.5, 0.6) is 0 Å². The Hall–Kier alpha value is -2.33. The van der Waals surface area contributed by atoms with E-state index in [4.69, 9.17) is 21.1 Å². The van der Waals surface area contributed by atoms with E-state index in [2.05, 4.69) is 25.9 Å². The summed E-state index contributed by atoms with van der Waals surface area (Å²) in [5.74, 6) is -0.162. The summed E-state index contributed by atoms with van der Waals surface area (Å²) >= 11 is 6.38. The molecule has 2 aromatic rings. The number of hydrogen-bond donors (Lipinski definition) is 3. The molecule has 2 saturated heterocycles. The number of ether oxygens (including phenoxy) is 2. The first kappa shape index (κ1) is 23.8. The predicted octanol–water partition coefficient (Wildman–Crippen LogP) is 3.48. The fourth-order valence-corrected chi connectivity index (χ4v) is 4.36. The average molecular weight is 478 g/mol. The van der Waals surface area contributed by atoms with E-state index < -0.39 is 11.4 Å². The van der Waals surface area contributed by atoms with E-state index in [9.17, 15) is 9.18 Å². The molecule has 4 heterocycles. The maximum absolute atomic E-state index is 14.5. The van der Waals surface area contributed by atoms with Gasteiger partial charge in [0.1, 0.15) is 5.82 Å². The fraction of sp³-hybridized carbons (Fsp3) is 0.522. The topological polar surface area (TPSA) is 97.4 Å². The van der Waals surface area contributed by atoms with Crippen LogP contribution < -0.4 is 16.0 Å². The Morgan fingerprint density at radius 3 is 2.94 bits per heavy atom. The first-order chi connectivity index (χ1) is 16.0. The van der Waals surface area contributed by atoms with Crippen LogP contribution >= 0.6 is 11.6 Å². The third-order valence-electron chi connectivity index (χ3n) is 6.31. The average Bonchev–Trinajstić information content (AvgIpc) is 2.86. The van der Waals surface area contributed by atoms with Gasteiger partial charge in [0.25, 0.3) is 0 Å². The number of methoxy groups -OCH3 is 1. The van der Waals surface area contributed by atoms with Gasteiger partial charge < -0.3 is 25.4 Å². The molecule has 2 aliphatic heterocycles. The van der Waals surface area contributed by atoms with E-state index in [1.807, 2.05) is 0 Å². The molecular formula is C23H29ClFN5O3. The smallest absolute Gasteiger partial charge is 0.229 e. The number of nitrogens with one attached hydrogen (secondary N) is 3. The van der Waals surface area contributed by atoms with Crippen LogP contribution in [0, 0.1) is 11.7 Å². The molecule has 33 heavy (non-hydrogen) atoms. The third-order valence-corrected chi connectivity index (χ3v) is 6.61. The van der Waals surface area contributed by atoms with Gasteiger partial charge in [-0.3, -0.25) is 4.79 Å². The maximum Gasteiger partial charge on any atom is 0.229 e. The minimum Gasteiger partial charge on any atom is -0.381 e. The SMILES string of the molecule is COC1(CNc2nc(-c3cc(NC(=O)[C@@H]4CCCNC4)ncc3Cl)ccc2F)CCOCC1. The lowest BCUT2D eigenvalue weighted by Gasteiger charge is -2.36. The Kier molecular flexibility index (Phi) is 7.75. The zero-order valence-electron chi connectivity index (χ0n) is 18.6. The molecule has 10 heteroatoms. The number of pyridine rings is 2. The van der Waals surface area contributed by atoms with E-state index in [0.717, 1.165) is 19.4 Å². The number of rotatable bonds is 7. The molecule has 1 amide bonds. The second-order valence-corrected chi connectivity index (χ2v) is 8.87. The molecule has 178 valence electrons. The lowest BCUT2D eigenvalue weighted by atomic mass is 9.94. The van der Waals surface area contributed by atoms with Crippen LogP contribution in [0.1, 0.15) is 25.7 Å². The highest BCUT2D eigenvalue weighted by molar-refractivity contribution is 6.33. The summed E-state index contributed by atoms with van der Waals surface area (Å²) in [6.07, 6.45) is 4.69. The summed E-state index contributed by atoms with van der Waals surface area (Å²) in [5.41, 5.74) is 0.598. The fourth-order valence-electron chi connectivity index (χ4n) is 4.16. The van der Waals surface area contributed by atoms with Crippen molar-refractivity contribution in [2.24, 2.45) is 5.92 Å². The second-order valence-electron chi connectivity index (χ2n) is 8.46. The minimum atomic E-state index is -0.472. The molecule has 0 aromatic carbocycles. The van der Waals surface area contributed by atoms with Crippen molar-refractivity contribution in [3.8, 4) is 11.3 Å². The summed E-state index contributed by atoms with van der Waals surface area (Å²) in [6, 6.07) is 4.56. The van der Waals surface area contributed by atoms with Gasteiger partial charge in [0.15, 0.2) is 11.6 Å². The van der Waals surface area contributed by atoms with Crippen molar-refractivity contribution in [2.75, 3.05) is 50.6 Å². The highest BCUT2D eigenvalue weighted by Crippen LogP contribution is 2.31. The Bertz CT molecular complexity index is 981. The molecule has 4 rings (SSSR count). The number of hydrogen-bond acceptors (Lipinski definition) is 7. The summed E-state index contributed by atoms with van der Waals surface area (Å²) in [6.45, 7) is 3.18. The van der Waals surface area contributed by atoms with Crippen LogP contribution in [0.2, 0.25) is 5.02 Å². The Balaban J connectivity index is 1.51. The van der Waals surface area contributed by atoms with Crippen molar-refractivity contribution >= 4 is 29.1 Å². The number of carbonyl (C=O) groups excluding carboxylic acids is 1. The van der Waals surface area contributed by atoms with Crippen LogP contribution in [0.3, 0.4) is 0 Å². The van der Waals surface area contributed by atoms with Gasteiger partial charge in [0.05, 0.1) is 22.2 Å². The molecular weight excluding hydrogens is 449 g/mol. The number of aromatic nitrogens is 2. The van der Waals surface area contributed by atoms with Crippen LogP contribution in [-0.2, 0) is 14.3 Å². The molecule has 2 fully saturated rings. The van der Waals surface area contributed by atoms with Crippen LogP contribution in [-0.4, -0.2) is 61.4 Å². The monoisotopic (exact) mass is 477 g/mol. The number of nitrogens with zero attached hydrogens (tertiary/aromatic N) is 2. The number of carbonyl (C=O) groups is 1. The van der Waals surface area contributed by atoms with Crippen molar-refractivity contribution in [2.45, 2.75) is 31.3 Å². The molecule has 8 nitrogen and oxygen atoms in total. The molecule has 2 aliphatic rings. The first-order valence-corrected chi connectivity index (χ1v) is 11.6. The molecule has 0 unspecified atom stereocenters. The lowest BCUT2D eigenvalue weighted by Crippen LogP contribution is -2.44. The summed E-state index contributed by atoms with van der Waals surface area (Å²) < 4.78 is 25.7. The number of halogens is 2. The van der Waals surface area contributed by atoms with Crippen molar-refractivity contribution in [3.05, 3.63) is 35.2 Å². The quantitative estimate of drug-likeness (QED) is 0.561. The van der Waals surface area contributed by atoms with Crippen molar-refractivity contribution in [1.29, 1.82) is 0 Å². The van der Waals surface area contributed by atoms with Gasteiger partial charge in [-0.25, -0.2) is 14.4 Å². The van der Waals surface area contributed by atoms with E-state index >= 15 is 0 Å². The van der Waals surface area contributed by atoms with Crippen molar-refractivity contribution in [1.82, 2.24) is 15.3 Å². The van der Waals surface area contributed by atoms with Gasteiger partial charge in [-0.15, -0.1) is 0 Å². The Morgan fingerprint density at radius 2 is 2.21 bits per heavy atom. The molecule has 2 aromatic heterocycles. The van der Waals surface area contributed by atoms with Crippen LogP contribution in [0.25, 0.3) is 11.3 Å². The van der Waals surface area contributed by atoms with Gasteiger partial charge in [-0.1, -0.05) is 11.6 Å². The van der Waals surface area contributed by atoms with E-state index in [0.29, 0.717) is 61.2 Å². The zero-order chi connectivity index (χ0) is 23.3. The van der Waals surface area contributed by atoms with Gasteiger partial charge in [0.2, 0.25) is 5.91 Å². The van der Waals surface area contributed by atoms with Crippen molar-refractivity contribution in [3.63, 3.8) is 0 Å². The zero-order valence-corrected chi connectivity index (χ0v) is 19.4. The predicted molar refractivity (Wildman–Crippen MR) is 125 cm³/mol. The summed E-state index contributed by atoms with van der Waals surface area (Å²) in [4.78, 5) is 21.3. The number of amides is 1. The van der Waals surface area contributed by atoms with Gasteiger partial charge >= 0.3 is 0 Å².